The molecule has 3 heteroatoms. The molecule has 0 aliphatic carbocycles. The summed E-state index contributed by atoms with van der Waals surface area (Å²) in [4.78, 5) is 10.7. The van der Waals surface area contributed by atoms with E-state index in [-0.39, 0.29) is 5.78 Å². The fourth-order valence-electron chi connectivity index (χ4n) is 1.37. The summed E-state index contributed by atoms with van der Waals surface area (Å²) in [5, 5.41) is 0.856. The molecule has 0 aliphatic heterocycles. The van der Waals surface area contributed by atoms with Crippen LogP contribution in [0, 0.1) is 0 Å². The summed E-state index contributed by atoms with van der Waals surface area (Å²) in [5.41, 5.74) is 0. The van der Waals surface area contributed by atoms with E-state index in [1.807, 2.05) is 36.4 Å². The minimum atomic E-state index is -2.40. The summed E-state index contributed by atoms with van der Waals surface area (Å²) >= 11 is 0. The van der Waals surface area contributed by atoms with Gasteiger partial charge in [0.1, 0.15) is 12.9 Å². The van der Waals surface area contributed by atoms with Gasteiger partial charge < -0.3 is 9.36 Å². The van der Waals surface area contributed by atoms with Gasteiger partial charge in [-0.25, -0.2) is 0 Å². The Morgan fingerprint density at radius 3 is 2.50 bits per heavy atom. The number of carbonyl (C=O) groups excluding carboxylic acids is 1. The molecule has 0 unspecified atom stereocenters. The lowest BCUT2D eigenvalue weighted by molar-refractivity contribution is -0.116. The Labute approximate surface area is 96.7 Å². The lowest BCUT2D eigenvalue weighted by Crippen LogP contribution is -2.00. The van der Waals surface area contributed by atoms with Gasteiger partial charge >= 0.3 is 0 Å². The molecule has 1 atom stereocenters. The lowest BCUT2D eigenvalue weighted by atomic mass is 10.2. The van der Waals surface area contributed by atoms with Gasteiger partial charge in [-0.1, -0.05) is 36.4 Å². The van der Waals surface area contributed by atoms with Gasteiger partial charge in [0.15, 0.2) is 0 Å². The van der Waals surface area contributed by atoms with Crippen molar-refractivity contribution in [3.8, 4) is 0 Å². The van der Waals surface area contributed by atoms with E-state index < -0.39 is 7.14 Å². The van der Waals surface area contributed by atoms with Crippen molar-refractivity contribution in [1.29, 1.82) is 0 Å². The first kappa shape index (κ1) is 12.9. The third-order valence-electron chi connectivity index (χ3n) is 2.32. The number of benzene rings is 1. The highest BCUT2D eigenvalue weighted by Crippen LogP contribution is 2.41. The van der Waals surface area contributed by atoms with Gasteiger partial charge in [0, 0.05) is 11.7 Å². The summed E-state index contributed by atoms with van der Waals surface area (Å²) < 4.78 is 12.3. The fourth-order valence-corrected chi connectivity index (χ4v) is 2.86. The molecule has 0 aliphatic rings. The van der Waals surface area contributed by atoms with Crippen molar-refractivity contribution in [1.82, 2.24) is 0 Å². The Hall–Kier alpha value is -1.14. The minimum absolute atomic E-state index is 0.162. The van der Waals surface area contributed by atoms with E-state index in [4.69, 9.17) is 0 Å². The van der Waals surface area contributed by atoms with Crippen LogP contribution in [-0.2, 0) is 9.36 Å². The van der Waals surface area contributed by atoms with Gasteiger partial charge in [-0.05, 0) is 25.8 Å². The van der Waals surface area contributed by atoms with Crippen LogP contribution >= 0.6 is 7.14 Å². The zero-order valence-electron chi connectivity index (χ0n) is 9.72. The smallest absolute Gasteiger partial charge is 0.133 e. The number of rotatable bonds is 5. The summed E-state index contributed by atoms with van der Waals surface area (Å²) in [6.45, 7) is 3.31. The molecule has 0 spiro atoms. The molecule has 0 saturated heterocycles. The molecule has 1 rings (SSSR count). The molecule has 0 fully saturated rings. The van der Waals surface area contributed by atoms with Crippen LogP contribution in [0.25, 0.3) is 0 Å². The summed E-state index contributed by atoms with van der Waals surface area (Å²) in [7, 11) is -2.40. The Morgan fingerprint density at radius 2 is 1.94 bits per heavy atom. The van der Waals surface area contributed by atoms with Crippen molar-refractivity contribution in [3.05, 3.63) is 42.2 Å². The van der Waals surface area contributed by atoms with Crippen molar-refractivity contribution in [2.24, 2.45) is 0 Å². The Morgan fingerprint density at radius 1 is 1.31 bits per heavy atom. The number of hydrogen-bond donors (Lipinski definition) is 0. The average molecular weight is 236 g/mol. The van der Waals surface area contributed by atoms with Gasteiger partial charge in [-0.15, -0.1) is 0 Å². The number of carbonyl (C=O) groups is 1. The van der Waals surface area contributed by atoms with Crippen LogP contribution in [0.2, 0.25) is 0 Å². The van der Waals surface area contributed by atoms with Crippen molar-refractivity contribution < 1.29 is 9.36 Å². The molecule has 0 bridgehead atoms. The molecule has 0 heterocycles. The molecule has 1 aromatic rings. The largest absolute Gasteiger partial charge is 0.315 e. The molecular formula is C13H17O2P. The number of ketones is 1. The van der Waals surface area contributed by atoms with Crippen LogP contribution in [0.5, 0.6) is 0 Å². The van der Waals surface area contributed by atoms with E-state index in [0.717, 1.165) is 5.30 Å². The minimum Gasteiger partial charge on any atom is -0.315 e. The van der Waals surface area contributed by atoms with Crippen LogP contribution in [0.15, 0.2) is 42.2 Å². The molecular weight excluding hydrogens is 219 g/mol. The topological polar surface area (TPSA) is 34.1 Å². The highest BCUT2D eigenvalue weighted by molar-refractivity contribution is 7.73. The number of Topliss-reactive ketones (excluding diaryl/α,β-unsaturated/α-hetero) is 1. The Bertz CT molecular complexity index is 421. The van der Waals surface area contributed by atoms with Crippen molar-refractivity contribution in [2.75, 3.05) is 6.66 Å². The second-order valence-corrected chi connectivity index (χ2v) is 6.75. The van der Waals surface area contributed by atoms with Gasteiger partial charge in [-0.3, -0.25) is 0 Å². The molecule has 0 saturated carbocycles. The van der Waals surface area contributed by atoms with Gasteiger partial charge in [0.25, 0.3) is 0 Å². The average Bonchev–Trinajstić information content (AvgIpc) is 2.26. The van der Waals surface area contributed by atoms with Gasteiger partial charge in [0.2, 0.25) is 0 Å². The molecule has 2 nitrogen and oxygen atoms in total. The first-order valence-electron chi connectivity index (χ1n) is 5.32. The first-order chi connectivity index (χ1) is 7.52. The molecule has 0 amide bonds. The van der Waals surface area contributed by atoms with Crippen LogP contribution in [-0.4, -0.2) is 12.4 Å². The van der Waals surface area contributed by atoms with Gasteiger partial charge in [-0.2, -0.15) is 0 Å². The highest BCUT2D eigenvalue weighted by atomic mass is 31.2. The van der Waals surface area contributed by atoms with Crippen LogP contribution in [0.4, 0.5) is 0 Å². The highest BCUT2D eigenvalue weighted by Gasteiger charge is 2.12. The fraction of sp³-hybridized carbons (Fsp3) is 0.308. The molecule has 0 radical (unpaired) electrons. The van der Waals surface area contributed by atoms with Crippen LogP contribution < -0.4 is 5.30 Å². The summed E-state index contributed by atoms with van der Waals surface area (Å²) in [6.07, 6.45) is 3.03. The number of hydrogen-bond acceptors (Lipinski definition) is 2. The quantitative estimate of drug-likeness (QED) is 0.736. The monoisotopic (exact) mass is 236 g/mol. The number of allylic oxidation sites excluding steroid dienone is 1. The van der Waals surface area contributed by atoms with Crippen molar-refractivity contribution >= 4 is 18.2 Å². The first-order valence-corrected chi connectivity index (χ1v) is 7.54. The maximum atomic E-state index is 12.3. The van der Waals surface area contributed by atoms with E-state index in [0.29, 0.717) is 12.8 Å². The normalized spacial score (nSPS) is 14.9. The third kappa shape index (κ3) is 4.16. The molecule has 1 aromatic carbocycles. The maximum absolute atomic E-state index is 12.3. The Kier molecular flexibility index (Phi) is 4.70. The van der Waals surface area contributed by atoms with Crippen LogP contribution in [0.1, 0.15) is 19.8 Å². The standard InChI is InChI=1S/C13H17O2P/c1-12(14)8-6-7-11-16(2,15)13-9-4-3-5-10-13/h3-5,7,9-11H,6,8H2,1-2H3/b11-7+/t16-/m0/s1. The van der Waals surface area contributed by atoms with Crippen molar-refractivity contribution in [3.63, 3.8) is 0 Å². The maximum Gasteiger partial charge on any atom is 0.133 e. The molecule has 16 heavy (non-hydrogen) atoms. The van der Waals surface area contributed by atoms with Crippen molar-refractivity contribution in [2.45, 2.75) is 19.8 Å². The second-order valence-electron chi connectivity index (χ2n) is 3.95. The Balaban J connectivity index is 2.65. The van der Waals surface area contributed by atoms with E-state index in [1.165, 1.54) is 0 Å². The zero-order chi connectivity index (χ0) is 12.0. The van der Waals surface area contributed by atoms with Crippen LogP contribution in [0.3, 0.4) is 0 Å². The SMILES string of the molecule is CC(=O)CC/C=C/[P@](C)(=O)c1ccccc1. The molecule has 86 valence electrons. The van der Waals surface area contributed by atoms with E-state index in [2.05, 4.69) is 0 Å². The summed E-state index contributed by atoms with van der Waals surface area (Å²) in [6, 6.07) is 9.42. The van der Waals surface area contributed by atoms with E-state index in [1.54, 1.807) is 19.4 Å². The van der Waals surface area contributed by atoms with Gasteiger partial charge in [0.05, 0.1) is 0 Å². The zero-order valence-corrected chi connectivity index (χ0v) is 10.6. The second kappa shape index (κ2) is 5.81. The summed E-state index contributed by atoms with van der Waals surface area (Å²) in [5.74, 6) is 1.90. The lowest BCUT2D eigenvalue weighted by Gasteiger charge is -2.07. The van der Waals surface area contributed by atoms with E-state index >= 15 is 0 Å². The van der Waals surface area contributed by atoms with E-state index in [9.17, 15) is 9.36 Å². The molecule has 0 aromatic heterocycles. The molecule has 0 N–H and O–H groups in total. The third-order valence-corrected chi connectivity index (χ3v) is 4.43. The predicted octanol–water partition coefficient (Wildman–Crippen LogP) is 3.19. The predicted molar refractivity (Wildman–Crippen MR) is 68.7 cm³/mol.